The number of Topliss-reactive ketones (excluding diaryl/α,β-unsaturated/α-hetero) is 1. The molecule has 1 aliphatic heterocycles. The molecule has 1 N–H and O–H groups in total. The number of methoxy groups -OCH3 is 2. The van der Waals surface area contributed by atoms with Crippen LogP contribution in [0.4, 0.5) is 5.82 Å². The summed E-state index contributed by atoms with van der Waals surface area (Å²) < 4.78 is 16.1. The SMILES string of the molecule is COc1cccc([C@@H]2/C(=C(\O)c3ccccc3)C(=O)C(=O)N2c2cc(C)on2)c1OC. The first-order valence-corrected chi connectivity index (χ1v) is 9.48. The van der Waals surface area contributed by atoms with Gasteiger partial charge in [-0.25, -0.2) is 0 Å². The molecule has 0 aliphatic carbocycles. The zero-order valence-electron chi connectivity index (χ0n) is 17.2. The van der Waals surface area contributed by atoms with Gasteiger partial charge < -0.3 is 19.1 Å². The van der Waals surface area contributed by atoms with Gasteiger partial charge in [-0.3, -0.25) is 14.5 Å². The molecule has 0 spiro atoms. The number of carbonyl (C=O) groups is 2. The summed E-state index contributed by atoms with van der Waals surface area (Å²) >= 11 is 0. The molecule has 2 aromatic carbocycles. The number of anilines is 1. The van der Waals surface area contributed by atoms with Gasteiger partial charge in [0.05, 0.1) is 19.8 Å². The lowest BCUT2D eigenvalue weighted by Crippen LogP contribution is -2.30. The van der Waals surface area contributed by atoms with Crippen molar-refractivity contribution < 1.29 is 28.7 Å². The minimum atomic E-state index is -1.00. The van der Waals surface area contributed by atoms with E-state index < -0.39 is 17.7 Å². The van der Waals surface area contributed by atoms with Crippen molar-refractivity contribution in [3.05, 3.63) is 77.1 Å². The number of ether oxygens (including phenoxy) is 2. The normalized spacial score (nSPS) is 17.8. The molecule has 1 amide bonds. The number of nitrogens with zero attached hydrogens (tertiary/aromatic N) is 2. The van der Waals surface area contributed by atoms with Crippen LogP contribution in [0.15, 0.2) is 64.7 Å². The topological polar surface area (TPSA) is 102 Å². The number of aryl methyl sites for hydroxylation is 1. The maximum absolute atomic E-state index is 13.1. The fourth-order valence-corrected chi connectivity index (χ4v) is 3.71. The first-order valence-electron chi connectivity index (χ1n) is 9.48. The Morgan fingerprint density at radius 1 is 1.06 bits per heavy atom. The number of ketones is 1. The van der Waals surface area contributed by atoms with Crippen LogP contribution in [0.5, 0.6) is 11.5 Å². The number of aliphatic hydroxyl groups excluding tert-OH is 1. The lowest BCUT2D eigenvalue weighted by molar-refractivity contribution is -0.132. The largest absolute Gasteiger partial charge is 0.507 e. The van der Waals surface area contributed by atoms with Crippen molar-refractivity contribution in [3.63, 3.8) is 0 Å². The third-order valence-corrected chi connectivity index (χ3v) is 5.08. The summed E-state index contributed by atoms with van der Waals surface area (Å²) in [5.74, 6) is -0.588. The van der Waals surface area contributed by atoms with Crippen LogP contribution < -0.4 is 14.4 Å². The van der Waals surface area contributed by atoms with Crippen LogP contribution in [0, 0.1) is 6.92 Å². The Bertz CT molecular complexity index is 1180. The average molecular weight is 420 g/mol. The standard InChI is InChI=1S/C23H20N2O6/c1-13-12-17(24-31-13)25-19(15-10-7-11-16(29-2)22(15)30-3)18(21(27)23(25)28)20(26)14-8-5-4-6-9-14/h4-12,19,26H,1-3H3/b20-18+/t19-/m1/s1. The van der Waals surface area contributed by atoms with E-state index in [-0.39, 0.29) is 17.2 Å². The van der Waals surface area contributed by atoms with Crippen LogP contribution >= 0.6 is 0 Å². The predicted molar refractivity (Wildman–Crippen MR) is 112 cm³/mol. The van der Waals surface area contributed by atoms with E-state index in [1.807, 2.05) is 0 Å². The van der Waals surface area contributed by atoms with Crippen LogP contribution in [0.3, 0.4) is 0 Å². The molecule has 0 saturated carbocycles. The van der Waals surface area contributed by atoms with Gasteiger partial charge in [-0.05, 0) is 13.0 Å². The van der Waals surface area contributed by atoms with Crippen molar-refractivity contribution in [3.8, 4) is 11.5 Å². The Morgan fingerprint density at radius 3 is 2.42 bits per heavy atom. The molecular weight excluding hydrogens is 400 g/mol. The summed E-state index contributed by atoms with van der Waals surface area (Å²) in [5.41, 5.74) is 0.784. The van der Waals surface area contributed by atoms with E-state index in [1.54, 1.807) is 61.5 Å². The van der Waals surface area contributed by atoms with Crippen molar-refractivity contribution in [1.29, 1.82) is 0 Å². The molecule has 1 fully saturated rings. The van der Waals surface area contributed by atoms with Gasteiger partial charge in [0.15, 0.2) is 17.3 Å². The number of para-hydroxylation sites is 1. The summed E-state index contributed by atoms with van der Waals surface area (Å²) in [6.07, 6.45) is 0. The second-order valence-electron chi connectivity index (χ2n) is 6.91. The first-order chi connectivity index (χ1) is 15.0. The molecule has 0 unspecified atom stereocenters. The lowest BCUT2D eigenvalue weighted by Gasteiger charge is -2.25. The quantitative estimate of drug-likeness (QED) is 0.382. The Balaban J connectivity index is 2.01. The molecule has 1 saturated heterocycles. The van der Waals surface area contributed by atoms with Gasteiger partial charge in [0.25, 0.3) is 5.78 Å². The van der Waals surface area contributed by atoms with Crippen molar-refractivity contribution >= 4 is 23.3 Å². The number of hydrogen-bond acceptors (Lipinski definition) is 7. The highest BCUT2D eigenvalue weighted by atomic mass is 16.5. The summed E-state index contributed by atoms with van der Waals surface area (Å²) in [6.45, 7) is 1.68. The van der Waals surface area contributed by atoms with E-state index >= 15 is 0 Å². The van der Waals surface area contributed by atoms with Crippen molar-refractivity contribution in [1.82, 2.24) is 5.16 Å². The van der Waals surface area contributed by atoms with E-state index in [0.717, 1.165) is 0 Å². The number of amides is 1. The monoisotopic (exact) mass is 420 g/mol. The van der Waals surface area contributed by atoms with Gasteiger partial charge in [-0.15, -0.1) is 0 Å². The Hall–Kier alpha value is -4.07. The van der Waals surface area contributed by atoms with Gasteiger partial charge in [0, 0.05) is 17.2 Å². The molecule has 3 aromatic rings. The highest BCUT2D eigenvalue weighted by Crippen LogP contribution is 2.46. The molecule has 0 bridgehead atoms. The van der Waals surface area contributed by atoms with Gasteiger partial charge in [0.2, 0.25) is 0 Å². The highest BCUT2D eigenvalue weighted by molar-refractivity contribution is 6.51. The molecule has 8 nitrogen and oxygen atoms in total. The van der Waals surface area contributed by atoms with Crippen molar-refractivity contribution in [2.45, 2.75) is 13.0 Å². The number of carbonyl (C=O) groups excluding carboxylic acids is 2. The lowest BCUT2D eigenvalue weighted by atomic mass is 9.94. The van der Waals surface area contributed by atoms with E-state index in [9.17, 15) is 14.7 Å². The highest BCUT2D eigenvalue weighted by Gasteiger charge is 2.49. The Morgan fingerprint density at radius 2 is 1.81 bits per heavy atom. The average Bonchev–Trinajstić information content (AvgIpc) is 3.33. The second kappa shape index (κ2) is 7.98. The molecule has 8 heteroatoms. The second-order valence-corrected chi connectivity index (χ2v) is 6.91. The molecule has 1 atom stereocenters. The maximum atomic E-state index is 13.1. The summed E-state index contributed by atoms with van der Waals surface area (Å²) in [4.78, 5) is 27.4. The molecule has 4 rings (SSSR count). The van der Waals surface area contributed by atoms with Crippen LogP contribution in [0.1, 0.15) is 22.9 Å². The number of aliphatic hydroxyl groups is 1. The maximum Gasteiger partial charge on any atom is 0.301 e. The Labute approximate surface area is 178 Å². The summed E-state index contributed by atoms with van der Waals surface area (Å²) in [7, 11) is 2.95. The number of rotatable bonds is 5. The van der Waals surface area contributed by atoms with Crippen LogP contribution in [0.25, 0.3) is 5.76 Å². The molecular formula is C23H20N2O6. The summed E-state index contributed by atoms with van der Waals surface area (Å²) in [6, 6.07) is 14.2. The zero-order valence-corrected chi connectivity index (χ0v) is 17.2. The van der Waals surface area contributed by atoms with Crippen LogP contribution in [-0.4, -0.2) is 36.2 Å². The van der Waals surface area contributed by atoms with Crippen LogP contribution in [0.2, 0.25) is 0 Å². The van der Waals surface area contributed by atoms with E-state index in [0.29, 0.717) is 28.4 Å². The van der Waals surface area contributed by atoms with Crippen LogP contribution in [-0.2, 0) is 9.59 Å². The molecule has 0 radical (unpaired) electrons. The minimum absolute atomic E-state index is 0.0802. The molecule has 1 aromatic heterocycles. The van der Waals surface area contributed by atoms with E-state index in [2.05, 4.69) is 5.16 Å². The summed E-state index contributed by atoms with van der Waals surface area (Å²) in [5, 5.41) is 15.0. The van der Waals surface area contributed by atoms with Gasteiger partial charge in [-0.2, -0.15) is 0 Å². The van der Waals surface area contributed by atoms with Crippen molar-refractivity contribution in [2.24, 2.45) is 0 Å². The number of benzene rings is 2. The smallest absolute Gasteiger partial charge is 0.301 e. The fourth-order valence-electron chi connectivity index (χ4n) is 3.71. The zero-order chi connectivity index (χ0) is 22.1. The first kappa shape index (κ1) is 20.2. The molecule has 1 aliphatic rings. The van der Waals surface area contributed by atoms with Gasteiger partial charge in [0.1, 0.15) is 17.6 Å². The van der Waals surface area contributed by atoms with Gasteiger partial charge >= 0.3 is 5.91 Å². The third kappa shape index (κ3) is 3.31. The number of aromatic nitrogens is 1. The molecule has 2 heterocycles. The minimum Gasteiger partial charge on any atom is -0.507 e. The fraction of sp³-hybridized carbons (Fsp3) is 0.174. The predicted octanol–water partition coefficient (Wildman–Crippen LogP) is 3.63. The Kier molecular flexibility index (Phi) is 5.21. The molecule has 158 valence electrons. The number of hydrogen-bond donors (Lipinski definition) is 1. The van der Waals surface area contributed by atoms with E-state index in [4.69, 9.17) is 14.0 Å². The van der Waals surface area contributed by atoms with Gasteiger partial charge in [-0.1, -0.05) is 47.6 Å². The molecule has 31 heavy (non-hydrogen) atoms. The third-order valence-electron chi connectivity index (χ3n) is 5.08. The van der Waals surface area contributed by atoms with E-state index in [1.165, 1.54) is 19.1 Å². The van der Waals surface area contributed by atoms with Crippen molar-refractivity contribution in [2.75, 3.05) is 19.1 Å².